The highest BCUT2D eigenvalue weighted by molar-refractivity contribution is 6.36. The van der Waals surface area contributed by atoms with Crippen LogP contribution in [0, 0.1) is 11.8 Å². The van der Waals surface area contributed by atoms with E-state index in [1.165, 1.54) is 12.1 Å². The van der Waals surface area contributed by atoms with Gasteiger partial charge in [0.1, 0.15) is 0 Å². The molecule has 8 heteroatoms. The normalized spacial score (nSPS) is 18.6. The molecule has 0 unspecified atom stereocenters. The predicted molar refractivity (Wildman–Crippen MR) is 113 cm³/mol. The van der Waals surface area contributed by atoms with Crippen LogP contribution < -0.4 is 5.32 Å². The Morgan fingerprint density at radius 2 is 1.62 bits per heavy atom. The van der Waals surface area contributed by atoms with E-state index in [2.05, 4.69) is 12.2 Å². The van der Waals surface area contributed by atoms with Gasteiger partial charge in [-0.25, -0.2) is 0 Å². The molecule has 2 heterocycles. The molecule has 158 valence electrons. The first-order chi connectivity index (χ1) is 13.8. The average Bonchev–Trinajstić information content (AvgIpc) is 2.72. The van der Waals surface area contributed by atoms with Gasteiger partial charge in [0, 0.05) is 37.1 Å². The highest BCUT2D eigenvalue weighted by Crippen LogP contribution is 2.24. The van der Waals surface area contributed by atoms with Gasteiger partial charge >= 0.3 is 0 Å². The maximum atomic E-state index is 12.7. The molecule has 0 aliphatic carbocycles. The molecule has 2 aliphatic rings. The Morgan fingerprint density at radius 1 is 1.00 bits per heavy atom. The minimum absolute atomic E-state index is 0.00470. The molecular weight excluding hydrogens is 413 g/mol. The van der Waals surface area contributed by atoms with E-state index in [-0.39, 0.29) is 34.9 Å². The summed E-state index contributed by atoms with van der Waals surface area (Å²) < 4.78 is 0. The fraction of sp³-hybridized carbons (Fsp3) is 0.571. The maximum Gasteiger partial charge on any atom is 0.253 e. The topological polar surface area (TPSA) is 69.7 Å². The fourth-order valence-electron chi connectivity index (χ4n) is 3.90. The molecule has 0 atom stereocenters. The third-order valence-corrected chi connectivity index (χ3v) is 6.42. The number of piperidine rings is 2. The van der Waals surface area contributed by atoms with Crippen molar-refractivity contribution in [2.24, 2.45) is 11.8 Å². The van der Waals surface area contributed by atoms with Crippen molar-refractivity contribution in [2.45, 2.75) is 32.6 Å². The number of likely N-dealkylation sites (tertiary alicyclic amines) is 2. The Labute approximate surface area is 181 Å². The molecule has 0 radical (unpaired) electrons. The minimum atomic E-state index is -0.413. The van der Waals surface area contributed by atoms with Crippen molar-refractivity contribution in [3.63, 3.8) is 0 Å². The molecule has 29 heavy (non-hydrogen) atoms. The summed E-state index contributed by atoms with van der Waals surface area (Å²) in [6.45, 7) is 4.90. The Kier molecular flexibility index (Phi) is 7.41. The fourth-order valence-corrected chi connectivity index (χ4v) is 4.39. The number of carbonyl (C=O) groups is 3. The van der Waals surface area contributed by atoms with E-state index >= 15 is 0 Å². The molecular formula is C21H27Cl2N3O3. The number of hydrogen-bond acceptors (Lipinski definition) is 3. The summed E-state index contributed by atoms with van der Waals surface area (Å²) in [6.07, 6.45) is 3.49. The number of amides is 3. The zero-order valence-corrected chi connectivity index (χ0v) is 18.1. The van der Waals surface area contributed by atoms with Gasteiger partial charge in [-0.05, 0) is 49.8 Å². The second-order valence-corrected chi connectivity index (χ2v) is 8.81. The molecule has 0 bridgehead atoms. The molecule has 1 aromatic carbocycles. The third-order valence-electron chi connectivity index (χ3n) is 5.87. The lowest BCUT2D eigenvalue weighted by Gasteiger charge is -2.36. The first-order valence-corrected chi connectivity index (χ1v) is 10.9. The van der Waals surface area contributed by atoms with Crippen LogP contribution in [0.2, 0.25) is 10.0 Å². The van der Waals surface area contributed by atoms with E-state index in [0.29, 0.717) is 36.9 Å². The summed E-state index contributed by atoms with van der Waals surface area (Å²) in [5, 5.41) is 3.30. The van der Waals surface area contributed by atoms with Crippen LogP contribution in [0.3, 0.4) is 0 Å². The molecule has 2 saturated heterocycles. The van der Waals surface area contributed by atoms with Crippen LogP contribution in [0.25, 0.3) is 0 Å². The number of nitrogens with one attached hydrogen (secondary N) is 1. The lowest BCUT2D eigenvalue weighted by Crippen LogP contribution is -2.48. The second kappa shape index (κ2) is 9.81. The molecule has 1 aromatic rings. The molecule has 1 N–H and O–H groups in total. The van der Waals surface area contributed by atoms with E-state index in [4.69, 9.17) is 23.2 Å². The van der Waals surface area contributed by atoms with E-state index in [1.807, 2.05) is 4.90 Å². The van der Waals surface area contributed by atoms with E-state index in [9.17, 15) is 14.4 Å². The Balaban J connectivity index is 1.44. The van der Waals surface area contributed by atoms with Crippen molar-refractivity contribution in [1.82, 2.24) is 15.1 Å². The average molecular weight is 440 g/mol. The van der Waals surface area contributed by atoms with Gasteiger partial charge in [-0.15, -0.1) is 0 Å². The van der Waals surface area contributed by atoms with Gasteiger partial charge in [0.2, 0.25) is 11.8 Å². The van der Waals surface area contributed by atoms with E-state index < -0.39 is 5.91 Å². The van der Waals surface area contributed by atoms with Crippen molar-refractivity contribution in [2.75, 3.05) is 32.7 Å². The van der Waals surface area contributed by atoms with Gasteiger partial charge in [0.15, 0.2) is 0 Å². The highest BCUT2D eigenvalue weighted by Gasteiger charge is 2.31. The van der Waals surface area contributed by atoms with Crippen LogP contribution in [0.1, 0.15) is 43.0 Å². The van der Waals surface area contributed by atoms with Crippen LogP contribution in [0.15, 0.2) is 18.2 Å². The molecule has 0 aromatic heterocycles. The summed E-state index contributed by atoms with van der Waals surface area (Å²) in [7, 11) is 0. The Hall–Kier alpha value is -1.79. The number of hydrogen-bond donors (Lipinski definition) is 1. The van der Waals surface area contributed by atoms with Crippen LogP contribution in [0.4, 0.5) is 0 Å². The van der Waals surface area contributed by atoms with Gasteiger partial charge in [0.25, 0.3) is 5.91 Å². The van der Waals surface area contributed by atoms with Crippen molar-refractivity contribution in [3.05, 3.63) is 33.8 Å². The molecule has 2 aliphatic heterocycles. The SMILES string of the molecule is CC1CCN(C(=O)C2CCN(C(=O)CNC(=O)c3ccc(Cl)cc3Cl)CC2)CC1. The van der Waals surface area contributed by atoms with Gasteiger partial charge in [-0.2, -0.15) is 0 Å². The third kappa shape index (κ3) is 5.64. The van der Waals surface area contributed by atoms with Crippen LogP contribution >= 0.6 is 23.2 Å². The summed E-state index contributed by atoms with van der Waals surface area (Å²) in [6, 6.07) is 4.60. The van der Waals surface area contributed by atoms with Gasteiger partial charge in [-0.3, -0.25) is 14.4 Å². The highest BCUT2D eigenvalue weighted by atomic mass is 35.5. The van der Waals surface area contributed by atoms with Crippen molar-refractivity contribution in [1.29, 1.82) is 0 Å². The minimum Gasteiger partial charge on any atom is -0.343 e. The van der Waals surface area contributed by atoms with Gasteiger partial charge in [-0.1, -0.05) is 30.1 Å². The van der Waals surface area contributed by atoms with E-state index in [0.717, 1.165) is 25.9 Å². The lowest BCUT2D eigenvalue weighted by molar-refractivity contribution is -0.141. The molecule has 3 amide bonds. The van der Waals surface area contributed by atoms with Crippen LogP contribution in [-0.2, 0) is 9.59 Å². The monoisotopic (exact) mass is 439 g/mol. The van der Waals surface area contributed by atoms with E-state index in [1.54, 1.807) is 11.0 Å². The number of rotatable bonds is 4. The number of carbonyl (C=O) groups excluding carboxylic acids is 3. The van der Waals surface area contributed by atoms with Crippen LogP contribution in [0.5, 0.6) is 0 Å². The standard InChI is InChI=1S/C21H27Cl2N3O3/c1-14-4-8-26(9-5-14)21(29)15-6-10-25(11-7-15)19(27)13-24-20(28)17-3-2-16(22)12-18(17)23/h2-3,12,14-15H,4-11,13H2,1H3,(H,24,28). The number of nitrogens with zero attached hydrogens (tertiary/aromatic N) is 2. The first kappa shape index (κ1) is 21.9. The summed E-state index contributed by atoms with van der Waals surface area (Å²) in [5.41, 5.74) is 0.282. The lowest BCUT2D eigenvalue weighted by atomic mass is 9.92. The largest absolute Gasteiger partial charge is 0.343 e. The summed E-state index contributed by atoms with van der Waals surface area (Å²) in [5.74, 6) is 0.353. The predicted octanol–water partition coefficient (Wildman–Crippen LogP) is 3.22. The number of halogens is 2. The van der Waals surface area contributed by atoms with Crippen molar-refractivity contribution in [3.8, 4) is 0 Å². The van der Waals surface area contributed by atoms with Gasteiger partial charge in [0.05, 0.1) is 17.1 Å². The molecule has 6 nitrogen and oxygen atoms in total. The summed E-state index contributed by atoms with van der Waals surface area (Å²) in [4.78, 5) is 41.1. The molecule has 0 saturated carbocycles. The molecule has 0 spiro atoms. The smallest absolute Gasteiger partial charge is 0.253 e. The zero-order valence-electron chi connectivity index (χ0n) is 16.6. The number of benzene rings is 1. The van der Waals surface area contributed by atoms with Gasteiger partial charge < -0.3 is 15.1 Å². The Morgan fingerprint density at radius 3 is 2.24 bits per heavy atom. The molecule has 2 fully saturated rings. The van der Waals surface area contributed by atoms with Crippen molar-refractivity contribution < 1.29 is 14.4 Å². The Bertz CT molecular complexity index is 770. The maximum absolute atomic E-state index is 12.7. The van der Waals surface area contributed by atoms with Crippen molar-refractivity contribution >= 4 is 40.9 Å². The zero-order chi connectivity index (χ0) is 21.0. The second-order valence-electron chi connectivity index (χ2n) is 7.97. The molecule has 3 rings (SSSR count). The first-order valence-electron chi connectivity index (χ1n) is 10.1. The summed E-state index contributed by atoms with van der Waals surface area (Å²) >= 11 is 11.9. The van der Waals surface area contributed by atoms with Crippen LogP contribution in [-0.4, -0.2) is 60.2 Å². The quantitative estimate of drug-likeness (QED) is 0.782.